The zero-order chi connectivity index (χ0) is 29.8. The molecule has 4 bridgehead atoms. The maximum Gasteiger partial charge on any atom is 0.0540 e. The summed E-state index contributed by atoms with van der Waals surface area (Å²) in [6, 6.07) is 53.8. The van der Waals surface area contributed by atoms with E-state index in [1.54, 1.807) is 5.56 Å². The molecule has 10 rings (SSSR count). The molecule has 1 heteroatoms. The normalized spacial score (nSPS) is 23.3. The third-order valence-corrected chi connectivity index (χ3v) is 11.2. The Kier molecular flexibility index (Phi) is 6.40. The van der Waals surface area contributed by atoms with Crippen molar-refractivity contribution in [1.82, 2.24) is 0 Å². The molecule has 4 fully saturated rings. The van der Waals surface area contributed by atoms with Gasteiger partial charge in [0.05, 0.1) is 11.4 Å². The molecule has 4 aliphatic rings. The van der Waals surface area contributed by atoms with Crippen molar-refractivity contribution in [2.75, 3.05) is 4.90 Å². The average molecular weight is 582 g/mol. The van der Waals surface area contributed by atoms with Crippen molar-refractivity contribution in [3.63, 3.8) is 0 Å². The van der Waals surface area contributed by atoms with E-state index in [2.05, 4.69) is 150 Å². The van der Waals surface area contributed by atoms with Crippen LogP contribution in [-0.4, -0.2) is 0 Å². The molecule has 0 aliphatic heterocycles. The first-order valence-corrected chi connectivity index (χ1v) is 16.9. The first-order chi connectivity index (χ1) is 22.2. The molecule has 0 spiro atoms. The summed E-state index contributed by atoms with van der Waals surface area (Å²) in [5.74, 6) is 2.92. The fraction of sp³-hybridized carbons (Fsp3) is 0.227. The second kappa shape index (κ2) is 10.8. The summed E-state index contributed by atoms with van der Waals surface area (Å²) >= 11 is 0. The maximum atomic E-state index is 2.47. The average Bonchev–Trinajstić information content (AvgIpc) is 3.09. The van der Waals surface area contributed by atoms with Gasteiger partial charge in [0, 0.05) is 16.6 Å². The predicted molar refractivity (Wildman–Crippen MR) is 189 cm³/mol. The highest BCUT2D eigenvalue weighted by atomic mass is 15.1. The van der Waals surface area contributed by atoms with Gasteiger partial charge in [-0.1, -0.05) is 121 Å². The van der Waals surface area contributed by atoms with Gasteiger partial charge in [-0.2, -0.15) is 0 Å². The van der Waals surface area contributed by atoms with Crippen LogP contribution in [0.2, 0.25) is 0 Å². The minimum Gasteiger partial charge on any atom is -0.309 e. The Hall–Kier alpha value is -4.62. The van der Waals surface area contributed by atoms with Crippen molar-refractivity contribution in [3.8, 4) is 22.3 Å². The molecule has 4 aliphatic carbocycles. The van der Waals surface area contributed by atoms with Crippen LogP contribution in [0.1, 0.15) is 44.1 Å². The summed E-state index contributed by atoms with van der Waals surface area (Å²) < 4.78 is 0. The van der Waals surface area contributed by atoms with E-state index in [9.17, 15) is 0 Å². The van der Waals surface area contributed by atoms with Crippen molar-refractivity contribution in [2.45, 2.75) is 43.9 Å². The molecule has 45 heavy (non-hydrogen) atoms. The monoisotopic (exact) mass is 581 g/mol. The first kappa shape index (κ1) is 26.8. The van der Waals surface area contributed by atoms with Crippen LogP contribution in [0.4, 0.5) is 17.1 Å². The summed E-state index contributed by atoms with van der Waals surface area (Å²) in [5.41, 5.74) is 10.6. The zero-order valence-electron chi connectivity index (χ0n) is 25.8. The number of hydrogen-bond acceptors (Lipinski definition) is 1. The van der Waals surface area contributed by atoms with Gasteiger partial charge in [-0.25, -0.2) is 0 Å². The molecule has 220 valence electrons. The molecule has 0 saturated heterocycles. The van der Waals surface area contributed by atoms with Crippen molar-refractivity contribution in [2.24, 2.45) is 17.8 Å². The SMILES string of the molecule is c1ccc(-c2ccccc2N(c2ccc(-c3ccc(C45CC6CC(CC(C6)C4)C5)cc3)cc2)c2cccc3ccccc23)cc1. The van der Waals surface area contributed by atoms with Gasteiger partial charge in [-0.15, -0.1) is 0 Å². The summed E-state index contributed by atoms with van der Waals surface area (Å²) in [7, 11) is 0. The fourth-order valence-electron chi connectivity index (χ4n) is 9.63. The Bertz CT molecular complexity index is 1930. The van der Waals surface area contributed by atoms with E-state index in [4.69, 9.17) is 0 Å². The molecular formula is C44H39N. The molecule has 0 aromatic heterocycles. The van der Waals surface area contributed by atoms with Crippen LogP contribution < -0.4 is 4.90 Å². The van der Waals surface area contributed by atoms with Gasteiger partial charge < -0.3 is 4.90 Å². The van der Waals surface area contributed by atoms with Gasteiger partial charge in [0.25, 0.3) is 0 Å². The topological polar surface area (TPSA) is 3.24 Å². The lowest BCUT2D eigenvalue weighted by Gasteiger charge is -2.57. The molecule has 0 atom stereocenters. The summed E-state index contributed by atoms with van der Waals surface area (Å²) in [6.45, 7) is 0. The largest absolute Gasteiger partial charge is 0.309 e. The Morgan fingerprint density at radius 2 is 1.00 bits per heavy atom. The van der Waals surface area contributed by atoms with Crippen molar-refractivity contribution >= 4 is 27.8 Å². The van der Waals surface area contributed by atoms with Gasteiger partial charge in [0.15, 0.2) is 0 Å². The van der Waals surface area contributed by atoms with Crippen LogP contribution in [0.15, 0.2) is 146 Å². The van der Waals surface area contributed by atoms with E-state index < -0.39 is 0 Å². The predicted octanol–water partition coefficient (Wildman–Crippen LogP) is 12.1. The Morgan fingerprint density at radius 1 is 0.444 bits per heavy atom. The third kappa shape index (κ3) is 4.68. The van der Waals surface area contributed by atoms with Gasteiger partial charge >= 0.3 is 0 Å². The van der Waals surface area contributed by atoms with Crippen LogP contribution in [0.5, 0.6) is 0 Å². The Morgan fingerprint density at radius 3 is 1.71 bits per heavy atom. The van der Waals surface area contributed by atoms with Crippen molar-refractivity contribution in [3.05, 3.63) is 151 Å². The molecule has 0 radical (unpaired) electrons. The molecule has 1 nitrogen and oxygen atoms in total. The highest BCUT2D eigenvalue weighted by molar-refractivity contribution is 6.01. The Balaban J connectivity index is 1.10. The second-order valence-electron chi connectivity index (χ2n) is 14.0. The van der Waals surface area contributed by atoms with E-state index >= 15 is 0 Å². The fourth-order valence-corrected chi connectivity index (χ4v) is 9.63. The number of nitrogens with zero attached hydrogens (tertiary/aromatic N) is 1. The molecule has 0 N–H and O–H groups in total. The van der Waals surface area contributed by atoms with Crippen LogP contribution in [0.3, 0.4) is 0 Å². The second-order valence-corrected chi connectivity index (χ2v) is 14.0. The zero-order valence-corrected chi connectivity index (χ0v) is 25.8. The van der Waals surface area contributed by atoms with Crippen LogP contribution in [0.25, 0.3) is 33.0 Å². The first-order valence-electron chi connectivity index (χ1n) is 16.9. The summed E-state index contributed by atoms with van der Waals surface area (Å²) in [4.78, 5) is 2.44. The number of benzene rings is 6. The van der Waals surface area contributed by atoms with E-state index in [0.29, 0.717) is 5.41 Å². The molecule has 4 saturated carbocycles. The van der Waals surface area contributed by atoms with Crippen LogP contribution in [-0.2, 0) is 5.41 Å². The van der Waals surface area contributed by atoms with E-state index in [0.717, 1.165) is 23.4 Å². The lowest BCUT2D eigenvalue weighted by atomic mass is 9.48. The molecule has 6 aromatic carbocycles. The molecule has 6 aromatic rings. The van der Waals surface area contributed by atoms with Gasteiger partial charge in [-0.05, 0) is 114 Å². The van der Waals surface area contributed by atoms with E-state index in [1.807, 2.05) is 0 Å². The maximum absolute atomic E-state index is 2.47. The molecule has 0 unspecified atom stereocenters. The minimum absolute atomic E-state index is 0.447. The summed E-state index contributed by atoms with van der Waals surface area (Å²) in [5, 5.41) is 2.49. The van der Waals surface area contributed by atoms with Gasteiger partial charge in [0.2, 0.25) is 0 Å². The van der Waals surface area contributed by atoms with E-state index in [1.165, 1.54) is 82.9 Å². The number of rotatable bonds is 6. The highest BCUT2D eigenvalue weighted by Gasteiger charge is 2.51. The lowest BCUT2D eigenvalue weighted by Crippen LogP contribution is -2.48. The number of anilines is 3. The van der Waals surface area contributed by atoms with Crippen molar-refractivity contribution < 1.29 is 0 Å². The highest BCUT2D eigenvalue weighted by Crippen LogP contribution is 2.60. The van der Waals surface area contributed by atoms with Crippen LogP contribution >= 0.6 is 0 Å². The van der Waals surface area contributed by atoms with E-state index in [-0.39, 0.29) is 0 Å². The van der Waals surface area contributed by atoms with Gasteiger partial charge in [-0.3, -0.25) is 0 Å². The minimum atomic E-state index is 0.447. The number of para-hydroxylation sites is 1. The van der Waals surface area contributed by atoms with Crippen LogP contribution in [0, 0.1) is 17.8 Å². The third-order valence-electron chi connectivity index (χ3n) is 11.2. The lowest BCUT2D eigenvalue weighted by molar-refractivity contribution is -0.00518. The standard InChI is InChI=1S/C44H39N/c1-2-9-36(10-3-1)40-14-6-7-15-42(40)45(43-16-8-12-37-11-4-5-13-41(37)43)39-23-19-35(20-24-39)34-17-21-38(22-18-34)44-28-31-25-32(29-44)27-33(26-31)30-44/h1-24,31-33H,25-30H2. The van der Waals surface area contributed by atoms with Gasteiger partial charge in [0.1, 0.15) is 0 Å². The summed E-state index contributed by atoms with van der Waals surface area (Å²) in [6.07, 6.45) is 8.74. The molecule has 0 amide bonds. The molecule has 0 heterocycles. The number of hydrogen-bond donors (Lipinski definition) is 0. The quantitative estimate of drug-likeness (QED) is 0.189. The smallest absolute Gasteiger partial charge is 0.0540 e. The number of fused-ring (bicyclic) bond motifs is 1. The molecular weight excluding hydrogens is 542 g/mol. The van der Waals surface area contributed by atoms with Crippen molar-refractivity contribution in [1.29, 1.82) is 0 Å². The Labute approximate surface area is 267 Å².